The van der Waals surface area contributed by atoms with Crippen LogP contribution in [0.1, 0.15) is 29.3 Å². The zero-order valence-electron chi connectivity index (χ0n) is 19.5. The highest BCUT2D eigenvalue weighted by Gasteiger charge is 2.30. The van der Waals surface area contributed by atoms with Gasteiger partial charge in [0.1, 0.15) is 17.6 Å². The number of pyridine rings is 3. The fourth-order valence-corrected chi connectivity index (χ4v) is 4.11. The lowest BCUT2D eigenvalue weighted by Crippen LogP contribution is -2.41. The Hall–Kier alpha value is -4.67. The molecule has 0 aromatic carbocycles. The molecule has 11 heteroatoms. The standard InChI is InChI=1S/C25H23N7O4/c1-2-36-25(35)31-12-13-32-22(33)14-20(16-7-10-26-11-8-16)29-23(32)21(15-31)30-24(34)19-6-5-17-18(28-19)4-3-9-27-17/h3-11,14,21H,2,12-13,15H2,1H3,(H,30,34). The number of ether oxygens (including phenoxy) is 1. The molecule has 1 atom stereocenters. The molecule has 5 rings (SSSR count). The summed E-state index contributed by atoms with van der Waals surface area (Å²) in [4.78, 5) is 57.8. The zero-order chi connectivity index (χ0) is 25.1. The molecule has 5 heterocycles. The van der Waals surface area contributed by atoms with Gasteiger partial charge in [0.15, 0.2) is 0 Å². The molecule has 36 heavy (non-hydrogen) atoms. The van der Waals surface area contributed by atoms with E-state index < -0.39 is 18.0 Å². The van der Waals surface area contributed by atoms with E-state index in [0.717, 1.165) is 0 Å². The molecule has 1 unspecified atom stereocenters. The summed E-state index contributed by atoms with van der Waals surface area (Å²) in [5, 5.41) is 2.92. The van der Waals surface area contributed by atoms with E-state index in [0.29, 0.717) is 28.1 Å². The van der Waals surface area contributed by atoms with Crippen molar-refractivity contribution in [3.8, 4) is 11.3 Å². The minimum atomic E-state index is -0.787. The molecular formula is C25H23N7O4. The molecule has 182 valence electrons. The number of nitrogens with one attached hydrogen (secondary N) is 1. The molecule has 1 N–H and O–H groups in total. The number of nitrogens with zero attached hydrogens (tertiary/aromatic N) is 6. The van der Waals surface area contributed by atoms with Gasteiger partial charge in [0.2, 0.25) is 0 Å². The average molecular weight is 486 g/mol. The monoisotopic (exact) mass is 485 g/mol. The molecule has 4 aromatic rings. The first-order valence-corrected chi connectivity index (χ1v) is 11.5. The second-order valence-corrected chi connectivity index (χ2v) is 8.13. The fraction of sp³-hybridized carbons (Fsp3) is 0.240. The van der Waals surface area contributed by atoms with Gasteiger partial charge >= 0.3 is 6.09 Å². The Morgan fingerprint density at radius 3 is 2.69 bits per heavy atom. The fourth-order valence-electron chi connectivity index (χ4n) is 4.11. The van der Waals surface area contributed by atoms with Gasteiger partial charge in [0.05, 0.1) is 29.9 Å². The third-order valence-electron chi connectivity index (χ3n) is 5.84. The van der Waals surface area contributed by atoms with Crippen LogP contribution in [0.5, 0.6) is 0 Å². The van der Waals surface area contributed by atoms with Crippen LogP contribution in [0.3, 0.4) is 0 Å². The molecule has 4 aromatic heterocycles. The first kappa shape index (κ1) is 23.1. The summed E-state index contributed by atoms with van der Waals surface area (Å²) in [6.45, 7) is 2.44. The van der Waals surface area contributed by atoms with E-state index >= 15 is 0 Å². The van der Waals surface area contributed by atoms with Crippen molar-refractivity contribution in [1.82, 2.24) is 34.7 Å². The first-order valence-electron chi connectivity index (χ1n) is 11.5. The number of hydrogen-bond acceptors (Lipinski definition) is 8. The van der Waals surface area contributed by atoms with Crippen molar-refractivity contribution in [1.29, 1.82) is 0 Å². The largest absolute Gasteiger partial charge is 0.450 e. The van der Waals surface area contributed by atoms with E-state index in [9.17, 15) is 14.4 Å². The van der Waals surface area contributed by atoms with Gasteiger partial charge in [-0.25, -0.2) is 14.8 Å². The SMILES string of the molecule is CCOC(=O)N1CCn2c(nc(-c3ccncc3)cc2=O)C(NC(=O)c2ccc3ncccc3n2)C1. The Kier molecular flexibility index (Phi) is 6.35. The summed E-state index contributed by atoms with van der Waals surface area (Å²) in [5.41, 5.74) is 2.30. The van der Waals surface area contributed by atoms with E-state index in [-0.39, 0.29) is 37.5 Å². The van der Waals surface area contributed by atoms with Crippen molar-refractivity contribution in [2.45, 2.75) is 19.5 Å². The summed E-state index contributed by atoms with van der Waals surface area (Å²) in [6.07, 6.45) is 4.35. The van der Waals surface area contributed by atoms with Gasteiger partial charge in [-0.2, -0.15) is 0 Å². The molecule has 2 amide bonds. The number of carbonyl (C=O) groups is 2. The zero-order valence-corrected chi connectivity index (χ0v) is 19.5. The normalized spacial score (nSPS) is 15.1. The predicted molar refractivity (Wildman–Crippen MR) is 130 cm³/mol. The highest BCUT2D eigenvalue weighted by molar-refractivity contribution is 5.94. The molecular weight excluding hydrogens is 462 g/mol. The van der Waals surface area contributed by atoms with Crippen LogP contribution in [-0.4, -0.2) is 61.1 Å². The van der Waals surface area contributed by atoms with Gasteiger partial charge in [0.25, 0.3) is 11.5 Å². The summed E-state index contributed by atoms with van der Waals surface area (Å²) in [6, 6.07) is 11.0. The lowest BCUT2D eigenvalue weighted by Gasteiger charge is -2.24. The van der Waals surface area contributed by atoms with E-state index in [2.05, 4.69) is 20.3 Å². The van der Waals surface area contributed by atoms with Crippen LogP contribution >= 0.6 is 0 Å². The van der Waals surface area contributed by atoms with E-state index in [1.165, 1.54) is 15.5 Å². The first-order chi connectivity index (χ1) is 17.5. The third kappa shape index (κ3) is 4.63. The molecule has 0 aliphatic carbocycles. The lowest BCUT2D eigenvalue weighted by atomic mass is 10.1. The van der Waals surface area contributed by atoms with Gasteiger partial charge in [-0.05, 0) is 43.3 Å². The van der Waals surface area contributed by atoms with Crippen LogP contribution in [0.25, 0.3) is 22.3 Å². The highest BCUT2D eigenvalue weighted by atomic mass is 16.6. The minimum absolute atomic E-state index is 0.0753. The molecule has 11 nitrogen and oxygen atoms in total. The van der Waals surface area contributed by atoms with Crippen LogP contribution < -0.4 is 10.9 Å². The maximum atomic E-state index is 13.3. The van der Waals surface area contributed by atoms with Crippen molar-refractivity contribution in [3.05, 3.63) is 82.9 Å². The van der Waals surface area contributed by atoms with Crippen LogP contribution in [-0.2, 0) is 11.3 Å². The Labute approximate surface area is 205 Å². The van der Waals surface area contributed by atoms with E-state index in [1.54, 1.807) is 61.9 Å². The highest BCUT2D eigenvalue weighted by Crippen LogP contribution is 2.21. The Morgan fingerprint density at radius 1 is 1.06 bits per heavy atom. The van der Waals surface area contributed by atoms with Crippen molar-refractivity contribution in [2.75, 3.05) is 19.7 Å². The number of carbonyl (C=O) groups excluding carboxylic acids is 2. The van der Waals surface area contributed by atoms with Crippen LogP contribution in [0.2, 0.25) is 0 Å². The molecule has 1 aliphatic heterocycles. The van der Waals surface area contributed by atoms with Crippen LogP contribution in [0.4, 0.5) is 4.79 Å². The van der Waals surface area contributed by atoms with E-state index in [1.807, 2.05) is 0 Å². The van der Waals surface area contributed by atoms with Gasteiger partial charge in [0, 0.05) is 43.3 Å². The minimum Gasteiger partial charge on any atom is -0.450 e. The van der Waals surface area contributed by atoms with Crippen LogP contribution in [0, 0.1) is 0 Å². The predicted octanol–water partition coefficient (Wildman–Crippen LogP) is 2.19. The topological polar surface area (TPSA) is 132 Å². The summed E-state index contributed by atoms with van der Waals surface area (Å²) >= 11 is 0. The second kappa shape index (κ2) is 9.90. The number of amides is 2. The second-order valence-electron chi connectivity index (χ2n) is 8.13. The number of rotatable bonds is 4. The molecule has 0 spiro atoms. The molecule has 1 aliphatic rings. The van der Waals surface area contributed by atoms with Crippen molar-refractivity contribution >= 4 is 23.0 Å². The quantitative estimate of drug-likeness (QED) is 0.465. The summed E-state index contributed by atoms with van der Waals surface area (Å²) in [5.74, 6) is -0.122. The maximum absolute atomic E-state index is 13.3. The molecule has 0 fully saturated rings. The molecule has 0 saturated heterocycles. The summed E-state index contributed by atoms with van der Waals surface area (Å²) in [7, 11) is 0. The molecule has 0 bridgehead atoms. The van der Waals surface area contributed by atoms with Crippen LogP contribution in [0.15, 0.2) is 65.8 Å². The third-order valence-corrected chi connectivity index (χ3v) is 5.84. The smallest absolute Gasteiger partial charge is 0.409 e. The Balaban J connectivity index is 1.54. The lowest BCUT2D eigenvalue weighted by molar-refractivity contribution is 0.0886. The van der Waals surface area contributed by atoms with Gasteiger partial charge < -0.3 is 15.0 Å². The maximum Gasteiger partial charge on any atom is 0.409 e. The average Bonchev–Trinajstić information content (AvgIpc) is 3.09. The molecule has 0 saturated carbocycles. The van der Waals surface area contributed by atoms with Crippen molar-refractivity contribution in [3.63, 3.8) is 0 Å². The van der Waals surface area contributed by atoms with Crippen molar-refractivity contribution < 1.29 is 14.3 Å². The Bertz CT molecular complexity index is 1490. The number of hydrogen-bond donors (Lipinski definition) is 1. The molecule has 0 radical (unpaired) electrons. The Morgan fingerprint density at radius 2 is 1.89 bits per heavy atom. The summed E-state index contributed by atoms with van der Waals surface area (Å²) < 4.78 is 6.66. The number of aromatic nitrogens is 5. The van der Waals surface area contributed by atoms with Gasteiger partial charge in [-0.3, -0.25) is 24.1 Å². The van der Waals surface area contributed by atoms with E-state index in [4.69, 9.17) is 9.72 Å². The van der Waals surface area contributed by atoms with Gasteiger partial charge in [-0.1, -0.05) is 0 Å². The van der Waals surface area contributed by atoms with Gasteiger partial charge in [-0.15, -0.1) is 0 Å². The van der Waals surface area contributed by atoms with Crippen molar-refractivity contribution in [2.24, 2.45) is 0 Å². The number of fused-ring (bicyclic) bond motifs is 2.